The molecule has 0 spiro atoms. The zero-order chi connectivity index (χ0) is 12.1. The van der Waals surface area contributed by atoms with E-state index in [-0.39, 0.29) is 13.3 Å². The lowest BCUT2D eigenvalue weighted by atomic mass is 10.4. The average Bonchev–Trinajstić information content (AvgIpc) is 2.26. The van der Waals surface area contributed by atoms with Gasteiger partial charge in [0.05, 0.1) is 6.61 Å². The summed E-state index contributed by atoms with van der Waals surface area (Å²) < 4.78 is 6.39. The minimum absolute atomic E-state index is 0.0479. The summed E-state index contributed by atoms with van der Waals surface area (Å²) in [5.74, 6) is 0. The Morgan fingerprint density at radius 1 is 1.69 bits per heavy atom. The Labute approximate surface area is 91.8 Å². The smallest absolute Gasteiger partial charge is 0.330 e. The summed E-state index contributed by atoms with van der Waals surface area (Å²) in [6.07, 6.45) is 2.31. The van der Waals surface area contributed by atoms with E-state index in [2.05, 4.69) is 11.6 Å². The van der Waals surface area contributed by atoms with Crippen LogP contribution in [0.4, 0.5) is 0 Å². The third kappa shape index (κ3) is 2.91. The van der Waals surface area contributed by atoms with Gasteiger partial charge in [0.1, 0.15) is 12.8 Å². The maximum atomic E-state index is 11.3. The van der Waals surface area contributed by atoms with E-state index in [1.54, 1.807) is 6.92 Å². The predicted octanol–water partition coefficient (Wildman–Crippen LogP) is -0.634. The molecule has 6 heteroatoms. The zero-order valence-electron chi connectivity index (χ0n) is 8.97. The first kappa shape index (κ1) is 12.4. The molecule has 88 valence electrons. The molecule has 1 heterocycles. The molecule has 16 heavy (non-hydrogen) atoms. The van der Waals surface area contributed by atoms with Crippen molar-refractivity contribution in [1.29, 1.82) is 0 Å². The van der Waals surface area contributed by atoms with Gasteiger partial charge in [-0.2, -0.15) is 0 Å². The van der Waals surface area contributed by atoms with Crippen molar-refractivity contribution >= 4 is 0 Å². The number of rotatable bonds is 5. The van der Waals surface area contributed by atoms with Gasteiger partial charge in [-0.25, -0.2) is 4.79 Å². The van der Waals surface area contributed by atoms with Crippen LogP contribution in [0.5, 0.6) is 0 Å². The summed E-state index contributed by atoms with van der Waals surface area (Å²) in [5.41, 5.74) is -0.539. The Morgan fingerprint density at radius 2 is 2.38 bits per heavy atom. The number of aromatic nitrogens is 2. The van der Waals surface area contributed by atoms with Gasteiger partial charge in [-0.3, -0.25) is 14.3 Å². The van der Waals surface area contributed by atoms with Gasteiger partial charge in [0.2, 0.25) is 0 Å². The van der Waals surface area contributed by atoms with Crippen molar-refractivity contribution < 1.29 is 9.84 Å². The average molecular weight is 226 g/mol. The maximum absolute atomic E-state index is 11.3. The van der Waals surface area contributed by atoms with E-state index in [0.717, 1.165) is 0 Å². The van der Waals surface area contributed by atoms with Gasteiger partial charge in [0.15, 0.2) is 0 Å². The molecule has 0 saturated carbocycles. The van der Waals surface area contributed by atoms with Crippen molar-refractivity contribution in [3.05, 3.63) is 45.3 Å². The summed E-state index contributed by atoms with van der Waals surface area (Å²) in [4.78, 5) is 24.5. The molecule has 0 saturated heterocycles. The van der Waals surface area contributed by atoms with Crippen molar-refractivity contribution in [2.45, 2.75) is 19.8 Å². The van der Waals surface area contributed by atoms with Crippen LogP contribution in [0, 0.1) is 6.92 Å². The first-order valence-corrected chi connectivity index (χ1v) is 4.74. The number of nitrogens with one attached hydrogen (secondary N) is 1. The van der Waals surface area contributed by atoms with E-state index in [9.17, 15) is 9.59 Å². The van der Waals surface area contributed by atoms with Gasteiger partial charge in [-0.1, -0.05) is 6.08 Å². The van der Waals surface area contributed by atoms with Crippen LogP contribution in [0.25, 0.3) is 0 Å². The van der Waals surface area contributed by atoms with E-state index >= 15 is 0 Å². The number of ether oxygens (including phenoxy) is 1. The number of aromatic amines is 1. The summed E-state index contributed by atoms with van der Waals surface area (Å²) in [6, 6.07) is 0. The van der Waals surface area contributed by atoms with Crippen LogP contribution < -0.4 is 11.2 Å². The highest BCUT2D eigenvalue weighted by Gasteiger charge is 2.04. The number of aliphatic hydroxyl groups excluding tert-OH is 1. The van der Waals surface area contributed by atoms with Crippen molar-refractivity contribution in [1.82, 2.24) is 9.55 Å². The highest BCUT2D eigenvalue weighted by atomic mass is 16.5. The lowest BCUT2D eigenvalue weighted by Gasteiger charge is -2.12. The fourth-order valence-electron chi connectivity index (χ4n) is 1.09. The second-order valence-electron chi connectivity index (χ2n) is 3.29. The van der Waals surface area contributed by atoms with Crippen LogP contribution in [-0.2, 0) is 11.5 Å². The lowest BCUT2D eigenvalue weighted by molar-refractivity contribution is 0.00129. The van der Waals surface area contributed by atoms with Gasteiger partial charge < -0.3 is 9.84 Å². The minimum atomic E-state index is -0.545. The standard InChI is InChI=1S/C10H14N2O4/c1-3-8(5-13)16-6-12-4-7(2)9(14)11-10(12)15/h3-4,8,13H,1,5-6H2,2H3,(H,11,14,15). The lowest BCUT2D eigenvalue weighted by Crippen LogP contribution is -2.32. The highest BCUT2D eigenvalue weighted by Crippen LogP contribution is 1.94. The molecule has 1 unspecified atom stereocenters. The van der Waals surface area contributed by atoms with Crippen molar-refractivity contribution in [2.24, 2.45) is 0 Å². The summed E-state index contributed by atoms with van der Waals surface area (Å²) in [7, 11) is 0. The molecule has 0 aliphatic carbocycles. The number of hydrogen-bond acceptors (Lipinski definition) is 4. The molecular weight excluding hydrogens is 212 g/mol. The molecule has 1 aromatic heterocycles. The van der Waals surface area contributed by atoms with E-state index in [1.165, 1.54) is 16.8 Å². The van der Waals surface area contributed by atoms with E-state index in [0.29, 0.717) is 5.56 Å². The normalized spacial score (nSPS) is 12.4. The van der Waals surface area contributed by atoms with Gasteiger partial charge in [-0.05, 0) is 6.92 Å². The van der Waals surface area contributed by atoms with Crippen LogP contribution in [0.3, 0.4) is 0 Å². The number of aliphatic hydroxyl groups is 1. The summed E-state index contributed by atoms with van der Waals surface area (Å²) >= 11 is 0. The van der Waals surface area contributed by atoms with Crippen LogP contribution >= 0.6 is 0 Å². The molecule has 1 aromatic rings. The monoisotopic (exact) mass is 226 g/mol. The zero-order valence-corrected chi connectivity index (χ0v) is 8.97. The molecule has 1 atom stereocenters. The first-order chi connectivity index (χ1) is 7.58. The second-order valence-corrected chi connectivity index (χ2v) is 3.29. The molecule has 0 bridgehead atoms. The molecule has 0 aliphatic rings. The molecule has 0 aromatic carbocycles. The molecule has 0 radical (unpaired) electrons. The fraction of sp³-hybridized carbons (Fsp3) is 0.400. The second kappa shape index (κ2) is 5.43. The Kier molecular flexibility index (Phi) is 4.21. The molecule has 0 aliphatic heterocycles. The van der Waals surface area contributed by atoms with Crippen molar-refractivity contribution in [3.63, 3.8) is 0 Å². The SMILES string of the molecule is C=CC(CO)OCn1cc(C)c(=O)[nH]c1=O. The molecule has 6 nitrogen and oxygen atoms in total. The van der Waals surface area contributed by atoms with E-state index in [1.807, 2.05) is 0 Å². The third-order valence-electron chi connectivity index (χ3n) is 2.06. The first-order valence-electron chi connectivity index (χ1n) is 4.74. The molecule has 2 N–H and O–H groups in total. The quantitative estimate of drug-likeness (QED) is 0.654. The topological polar surface area (TPSA) is 84.3 Å². The molecule has 0 amide bonds. The minimum Gasteiger partial charge on any atom is -0.393 e. The fourth-order valence-corrected chi connectivity index (χ4v) is 1.09. The van der Waals surface area contributed by atoms with Gasteiger partial charge in [-0.15, -0.1) is 6.58 Å². The summed E-state index contributed by atoms with van der Waals surface area (Å²) in [6.45, 7) is 4.80. The Morgan fingerprint density at radius 3 is 2.94 bits per heavy atom. The summed E-state index contributed by atoms with van der Waals surface area (Å²) in [5, 5.41) is 8.83. The van der Waals surface area contributed by atoms with Crippen LogP contribution in [0.2, 0.25) is 0 Å². The number of H-pyrrole nitrogens is 1. The predicted molar refractivity (Wildman–Crippen MR) is 58.2 cm³/mol. The van der Waals surface area contributed by atoms with E-state index < -0.39 is 17.4 Å². The van der Waals surface area contributed by atoms with E-state index in [4.69, 9.17) is 9.84 Å². The van der Waals surface area contributed by atoms with Crippen molar-refractivity contribution in [3.8, 4) is 0 Å². The Hall–Kier alpha value is -1.66. The Bertz CT molecular complexity index is 474. The number of aryl methyl sites for hydroxylation is 1. The highest BCUT2D eigenvalue weighted by molar-refractivity contribution is 5.00. The number of hydrogen-bond donors (Lipinski definition) is 2. The molecular formula is C10H14N2O4. The van der Waals surface area contributed by atoms with Crippen LogP contribution in [-0.4, -0.2) is 27.4 Å². The third-order valence-corrected chi connectivity index (χ3v) is 2.06. The van der Waals surface area contributed by atoms with Crippen LogP contribution in [0.1, 0.15) is 5.56 Å². The number of nitrogens with zero attached hydrogens (tertiary/aromatic N) is 1. The Balaban J connectivity index is 2.82. The molecule has 1 rings (SSSR count). The molecule has 0 fully saturated rings. The maximum Gasteiger partial charge on any atom is 0.330 e. The van der Waals surface area contributed by atoms with Gasteiger partial charge in [0.25, 0.3) is 5.56 Å². The van der Waals surface area contributed by atoms with Crippen molar-refractivity contribution in [2.75, 3.05) is 6.61 Å². The van der Waals surface area contributed by atoms with Gasteiger partial charge in [0, 0.05) is 11.8 Å². The largest absolute Gasteiger partial charge is 0.393 e. The van der Waals surface area contributed by atoms with Crippen LogP contribution in [0.15, 0.2) is 28.4 Å². The van der Waals surface area contributed by atoms with Gasteiger partial charge >= 0.3 is 5.69 Å².